The normalized spacial score (nSPS) is 13.3. The molecular formula is C21H24N6O. The van der Waals surface area contributed by atoms with Gasteiger partial charge in [0, 0.05) is 24.3 Å². The lowest BCUT2D eigenvalue weighted by atomic mass is 10.2. The topological polar surface area (TPSA) is 75.9 Å². The Kier molecular flexibility index (Phi) is 5.32. The summed E-state index contributed by atoms with van der Waals surface area (Å²) in [6.45, 7) is 3.35. The Bertz CT molecular complexity index is 935. The molecule has 0 unspecified atom stereocenters. The Morgan fingerprint density at radius 1 is 1.18 bits per heavy atom. The van der Waals surface area contributed by atoms with Gasteiger partial charge in [-0.2, -0.15) is 0 Å². The molecule has 1 N–H and O–H groups in total. The lowest BCUT2D eigenvalue weighted by molar-refractivity contribution is 0.209. The molecule has 0 spiro atoms. The van der Waals surface area contributed by atoms with Crippen molar-refractivity contribution in [3.05, 3.63) is 60.2 Å². The van der Waals surface area contributed by atoms with E-state index in [1.807, 2.05) is 64.2 Å². The molecule has 0 bridgehead atoms. The second kappa shape index (κ2) is 8.21. The second-order valence-electron chi connectivity index (χ2n) is 7.10. The number of anilines is 1. The van der Waals surface area contributed by atoms with Crippen molar-refractivity contribution in [2.24, 2.45) is 0 Å². The molecule has 0 atom stereocenters. The number of amides is 2. The van der Waals surface area contributed by atoms with Crippen LogP contribution in [-0.4, -0.2) is 37.7 Å². The third-order valence-corrected chi connectivity index (χ3v) is 4.75. The van der Waals surface area contributed by atoms with E-state index in [2.05, 4.69) is 27.8 Å². The van der Waals surface area contributed by atoms with Crippen molar-refractivity contribution < 1.29 is 4.79 Å². The number of hydrogen-bond acceptors (Lipinski definition) is 4. The highest BCUT2D eigenvalue weighted by molar-refractivity contribution is 5.90. The van der Waals surface area contributed by atoms with Gasteiger partial charge in [0.1, 0.15) is 0 Å². The standard InChI is InChI=1S/C21H24N6O/c1-2-13-26(15-16-7-4-3-5-8-16)21(28)22-18-10-6-9-17(14-18)20-23-24-25-27(20)19-11-12-19/h3-10,14,19H,2,11-13,15H2,1H3,(H,22,28). The molecular weight excluding hydrogens is 352 g/mol. The molecule has 4 rings (SSSR count). The van der Waals surface area contributed by atoms with Gasteiger partial charge in [-0.05, 0) is 47.4 Å². The van der Waals surface area contributed by atoms with Gasteiger partial charge in [0.05, 0.1) is 6.04 Å². The Morgan fingerprint density at radius 3 is 2.75 bits per heavy atom. The zero-order chi connectivity index (χ0) is 19.3. The van der Waals surface area contributed by atoms with Gasteiger partial charge in [-0.3, -0.25) is 0 Å². The maximum absolute atomic E-state index is 12.9. The first-order valence-corrected chi connectivity index (χ1v) is 9.72. The summed E-state index contributed by atoms with van der Waals surface area (Å²) in [6, 6.07) is 18.0. The highest BCUT2D eigenvalue weighted by Crippen LogP contribution is 2.36. The lowest BCUT2D eigenvalue weighted by Gasteiger charge is -2.23. The zero-order valence-electron chi connectivity index (χ0n) is 16.0. The van der Waals surface area contributed by atoms with Gasteiger partial charge in [0.15, 0.2) is 5.82 Å². The van der Waals surface area contributed by atoms with Crippen molar-refractivity contribution in [2.75, 3.05) is 11.9 Å². The SMILES string of the molecule is CCCN(Cc1ccccc1)C(=O)Nc1cccc(-c2nnnn2C2CC2)c1. The summed E-state index contributed by atoms with van der Waals surface area (Å²) in [6.07, 6.45) is 3.12. The van der Waals surface area contributed by atoms with Crippen LogP contribution in [0.15, 0.2) is 54.6 Å². The van der Waals surface area contributed by atoms with Crippen LogP contribution >= 0.6 is 0 Å². The second-order valence-corrected chi connectivity index (χ2v) is 7.10. The van der Waals surface area contributed by atoms with Crippen LogP contribution in [0.5, 0.6) is 0 Å². The number of nitrogens with one attached hydrogen (secondary N) is 1. The molecule has 7 heteroatoms. The molecule has 1 fully saturated rings. The number of nitrogens with zero attached hydrogens (tertiary/aromatic N) is 5. The van der Waals surface area contributed by atoms with E-state index in [-0.39, 0.29) is 6.03 Å². The molecule has 144 valence electrons. The fraction of sp³-hybridized carbons (Fsp3) is 0.333. The Hall–Kier alpha value is -3.22. The zero-order valence-corrected chi connectivity index (χ0v) is 16.0. The Balaban J connectivity index is 1.49. The number of carbonyl (C=O) groups is 1. The molecule has 7 nitrogen and oxygen atoms in total. The van der Waals surface area contributed by atoms with Crippen molar-refractivity contribution in [1.29, 1.82) is 0 Å². The lowest BCUT2D eigenvalue weighted by Crippen LogP contribution is -2.35. The average Bonchev–Trinajstić information content (AvgIpc) is 3.45. The van der Waals surface area contributed by atoms with E-state index in [0.717, 1.165) is 41.9 Å². The molecule has 1 aliphatic carbocycles. The molecule has 0 radical (unpaired) electrons. The minimum Gasteiger partial charge on any atom is -0.320 e. The van der Waals surface area contributed by atoms with Crippen LogP contribution < -0.4 is 5.32 Å². The summed E-state index contributed by atoms with van der Waals surface area (Å²) < 4.78 is 1.87. The number of carbonyl (C=O) groups excluding carboxylic acids is 1. The van der Waals surface area contributed by atoms with E-state index in [1.165, 1.54) is 0 Å². The molecule has 1 aliphatic rings. The minimum absolute atomic E-state index is 0.107. The van der Waals surface area contributed by atoms with Crippen LogP contribution in [0.4, 0.5) is 10.5 Å². The fourth-order valence-electron chi connectivity index (χ4n) is 3.21. The number of urea groups is 1. The summed E-state index contributed by atoms with van der Waals surface area (Å²) in [5.41, 5.74) is 2.75. The van der Waals surface area contributed by atoms with E-state index in [9.17, 15) is 4.79 Å². The van der Waals surface area contributed by atoms with E-state index in [0.29, 0.717) is 19.1 Å². The third-order valence-electron chi connectivity index (χ3n) is 4.75. The maximum atomic E-state index is 12.9. The molecule has 28 heavy (non-hydrogen) atoms. The van der Waals surface area contributed by atoms with E-state index < -0.39 is 0 Å². The first-order chi connectivity index (χ1) is 13.7. The van der Waals surface area contributed by atoms with Crippen LogP contribution in [0.25, 0.3) is 11.4 Å². The number of rotatable bonds is 7. The molecule has 1 aromatic heterocycles. The molecule has 3 aromatic rings. The summed E-state index contributed by atoms with van der Waals surface area (Å²) in [4.78, 5) is 14.7. The molecule has 1 saturated carbocycles. The van der Waals surface area contributed by atoms with Crippen molar-refractivity contribution >= 4 is 11.7 Å². The van der Waals surface area contributed by atoms with Crippen LogP contribution in [0.1, 0.15) is 37.8 Å². The smallest absolute Gasteiger partial charge is 0.320 e. The Labute approximate surface area is 164 Å². The van der Waals surface area contributed by atoms with Crippen molar-refractivity contribution in [3.8, 4) is 11.4 Å². The average molecular weight is 376 g/mol. The predicted octanol–water partition coefficient (Wildman–Crippen LogP) is 4.12. The Morgan fingerprint density at radius 2 is 2.00 bits per heavy atom. The highest BCUT2D eigenvalue weighted by atomic mass is 16.2. The highest BCUT2D eigenvalue weighted by Gasteiger charge is 2.28. The van der Waals surface area contributed by atoms with E-state index in [1.54, 1.807) is 0 Å². The van der Waals surface area contributed by atoms with Crippen LogP contribution in [0.3, 0.4) is 0 Å². The molecule has 2 aromatic carbocycles. The quantitative estimate of drug-likeness (QED) is 0.673. The summed E-state index contributed by atoms with van der Waals surface area (Å²) in [5, 5.41) is 15.1. The van der Waals surface area contributed by atoms with Gasteiger partial charge < -0.3 is 10.2 Å². The summed E-state index contributed by atoms with van der Waals surface area (Å²) in [7, 11) is 0. The van der Waals surface area contributed by atoms with Gasteiger partial charge in [-0.1, -0.05) is 49.4 Å². The first-order valence-electron chi connectivity index (χ1n) is 9.72. The van der Waals surface area contributed by atoms with E-state index in [4.69, 9.17) is 0 Å². The van der Waals surface area contributed by atoms with Crippen LogP contribution in [0, 0.1) is 0 Å². The van der Waals surface area contributed by atoms with Crippen molar-refractivity contribution in [3.63, 3.8) is 0 Å². The number of aromatic nitrogens is 4. The first kappa shape index (κ1) is 18.2. The van der Waals surface area contributed by atoms with E-state index >= 15 is 0 Å². The van der Waals surface area contributed by atoms with Crippen molar-refractivity contribution in [2.45, 2.75) is 38.8 Å². The molecule has 1 heterocycles. The molecule has 0 aliphatic heterocycles. The minimum atomic E-state index is -0.107. The predicted molar refractivity (Wildman–Crippen MR) is 108 cm³/mol. The van der Waals surface area contributed by atoms with Gasteiger partial charge >= 0.3 is 6.03 Å². The van der Waals surface area contributed by atoms with Crippen molar-refractivity contribution in [1.82, 2.24) is 25.1 Å². The van der Waals surface area contributed by atoms with Gasteiger partial charge in [0.2, 0.25) is 0 Å². The molecule has 0 saturated heterocycles. The fourth-order valence-corrected chi connectivity index (χ4v) is 3.21. The van der Waals surface area contributed by atoms with Crippen LogP contribution in [0.2, 0.25) is 0 Å². The largest absolute Gasteiger partial charge is 0.322 e. The number of benzene rings is 2. The maximum Gasteiger partial charge on any atom is 0.322 e. The van der Waals surface area contributed by atoms with Crippen LogP contribution in [-0.2, 0) is 6.54 Å². The third kappa shape index (κ3) is 4.19. The van der Waals surface area contributed by atoms with Gasteiger partial charge in [0.25, 0.3) is 0 Å². The monoisotopic (exact) mass is 376 g/mol. The molecule has 2 amide bonds. The summed E-state index contributed by atoms with van der Waals surface area (Å²) in [5.74, 6) is 0.744. The number of tetrazole rings is 1. The van der Waals surface area contributed by atoms with Gasteiger partial charge in [-0.15, -0.1) is 5.10 Å². The van der Waals surface area contributed by atoms with Gasteiger partial charge in [-0.25, -0.2) is 9.48 Å². The summed E-state index contributed by atoms with van der Waals surface area (Å²) >= 11 is 0. The number of hydrogen-bond donors (Lipinski definition) is 1.